The van der Waals surface area contributed by atoms with Crippen molar-refractivity contribution >= 4 is 11.9 Å². The molecule has 0 aromatic carbocycles. The molecule has 0 aliphatic carbocycles. The summed E-state index contributed by atoms with van der Waals surface area (Å²) in [4.78, 5) is 20.6. The number of alkyl halides is 5. The Kier molecular flexibility index (Phi) is 4.21. The van der Waals surface area contributed by atoms with Gasteiger partial charge in [0.25, 0.3) is 6.43 Å². The second-order valence-electron chi connectivity index (χ2n) is 3.24. The largest absolute Gasteiger partial charge is 0.481 e. The molecule has 16 heavy (non-hydrogen) atoms. The molecule has 0 aliphatic heterocycles. The van der Waals surface area contributed by atoms with Gasteiger partial charge in [-0.05, 0) is 6.92 Å². The molecule has 1 unspecified atom stereocenters. The van der Waals surface area contributed by atoms with Crippen molar-refractivity contribution in [1.82, 2.24) is 5.32 Å². The van der Waals surface area contributed by atoms with Crippen molar-refractivity contribution in [3.05, 3.63) is 0 Å². The Morgan fingerprint density at radius 2 is 1.75 bits per heavy atom. The third-order valence-electron chi connectivity index (χ3n) is 1.66. The molecule has 94 valence electrons. The maximum absolute atomic E-state index is 12.3. The first kappa shape index (κ1) is 14.6. The lowest BCUT2D eigenvalue weighted by Crippen LogP contribution is -2.56. The molecule has 0 aliphatic rings. The molecule has 2 N–H and O–H groups in total. The minimum atomic E-state index is -5.34. The number of carbonyl (C=O) groups excluding carboxylic acids is 1. The Balaban J connectivity index is 4.83. The third kappa shape index (κ3) is 3.99. The van der Waals surface area contributed by atoms with E-state index < -0.39 is 36.4 Å². The summed E-state index contributed by atoms with van der Waals surface area (Å²) in [5.74, 6) is -4.35. The summed E-state index contributed by atoms with van der Waals surface area (Å²) in [5, 5.41) is 9.22. The maximum Gasteiger partial charge on any atom is 0.471 e. The molecule has 0 fully saturated rings. The first-order valence-electron chi connectivity index (χ1n) is 3.88. The number of amides is 1. The Morgan fingerprint density at radius 1 is 1.31 bits per heavy atom. The van der Waals surface area contributed by atoms with Crippen molar-refractivity contribution < 1.29 is 36.6 Å². The average Bonchev–Trinajstić information content (AvgIpc) is 1.99. The van der Waals surface area contributed by atoms with E-state index in [1.807, 2.05) is 0 Å². The fraction of sp³-hybridized carbons (Fsp3) is 0.714. The molecular formula is C7H8F5NO3. The summed E-state index contributed by atoms with van der Waals surface area (Å²) in [7, 11) is 0. The first-order valence-corrected chi connectivity index (χ1v) is 3.88. The smallest absolute Gasteiger partial charge is 0.471 e. The van der Waals surface area contributed by atoms with Crippen LogP contribution in [0.15, 0.2) is 0 Å². The van der Waals surface area contributed by atoms with Gasteiger partial charge in [0.05, 0.1) is 6.42 Å². The van der Waals surface area contributed by atoms with Crippen LogP contribution in [0, 0.1) is 0 Å². The van der Waals surface area contributed by atoms with E-state index in [1.165, 1.54) is 0 Å². The standard InChI is InChI=1S/C7H8F5NO3/c1-6(4(8)9,2-3(14)15)13-5(16)7(10,11)12/h4H,2H2,1H3,(H,13,16)(H,14,15). The summed E-state index contributed by atoms with van der Waals surface area (Å²) in [6, 6.07) is 0. The SMILES string of the molecule is CC(CC(=O)O)(NC(=O)C(F)(F)F)C(F)F. The summed E-state index contributed by atoms with van der Waals surface area (Å²) >= 11 is 0. The zero-order valence-corrected chi connectivity index (χ0v) is 7.94. The van der Waals surface area contributed by atoms with Gasteiger partial charge in [-0.25, -0.2) is 8.78 Å². The monoisotopic (exact) mass is 249 g/mol. The van der Waals surface area contributed by atoms with E-state index in [4.69, 9.17) is 5.11 Å². The molecule has 0 saturated heterocycles. The zero-order chi connectivity index (χ0) is 13.1. The summed E-state index contributed by atoms with van der Waals surface area (Å²) < 4.78 is 60.0. The second-order valence-corrected chi connectivity index (χ2v) is 3.24. The molecule has 1 atom stereocenters. The van der Waals surface area contributed by atoms with E-state index >= 15 is 0 Å². The predicted molar refractivity (Wildman–Crippen MR) is 40.9 cm³/mol. The number of hydrogen-bond acceptors (Lipinski definition) is 2. The van der Waals surface area contributed by atoms with Gasteiger partial charge < -0.3 is 10.4 Å². The Bertz CT molecular complexity index is 290. The highest BCUT2D eigenvalue weighted by Gasteiger charge is 2.46. The summed E-state index contributed by atoms with van der Waals surface area (Å²) in [6.07, 6.45) is -10.1. The topological polar surface area (TPSA) is 66.4 Å². The van der Waals surface area contributed by atoms with Crippen LogP contribution in [-0.2, 0) is 9.59 Å². The van der Waals surface area contributed by atoms with Gasteiger partial charge in [0.1, 0.15) is 5.54 Å². The quantitative estimate of drug-likeness (QED) is 0.735. The van der Waals surface area contributed by atoms with Crippen molar-refractivity contribution in [3.63, 3.8) is 0 Å². The number of hydrogen-bond donors (Lipinski definition) is 2. The molecule has 0 aromatic heterocycles. The van der Waals surface area contributed by atoms with Gasteiger partial charge in [-0.3, -0.25) is 9.59 Å². The molecule has 1 amide bonds. The van der Waals surface area contributed by atoms with Crippen molar-refractivity contribution in [3.8, 4) is 0 Å². The molecule has 0 bridgehead atoms. The van der Waals surface area contributed by atoms with Gasteiger partial charge in [-0.2, -0.15) is 13.2 Å². The molecular weight excluding hydrogens is 241 g/mol. The van der Waals surface area contributed by atoms with Crippen LogP contribution in [-0.4, -0.2) is 35.1 Å². The molecule has 0 rings (SSSR count). The fourth-order valence-electron chi connectivity index (χ4n) is 0.820. The van der Waals surface area contributed by atoms with Crippen LogP contribution in [0.4, 0.5) is 22.0 Å². The Hall–Kier alpha value is -1.41. The van der Waals surface area contributed by atoms with Crippen molar-refractivity contribution in [2.45, 2.75) is 31.5 Å². The first-order chi connectivity index (χ1) is 6.99. The number of carboxylic acids is 1. The van der Waals surface area contributed by atoms with Crippen LogP contribution in [0.2, 0.25) is 0 Å². The van der Waals surface area contributed by atoms with Gasteiger partial charge in [0.2, 0.25) is 0 Å². The second kappa shape index (κ2) is 4.62. The highest BCUT2D eigenvalue weighted by molar-refractivity contribution is 5.83. The lowest BCUT2D eigenvalue weighted by atomic mass is 9.98. The van der Waals surface area contributed by atoms with Gasteiger partial charge in [0, 0.05) is 0 Å². The Labute approximate surface area is 86.4 Å². The molecule has 0 saturated carbocycles. The zero-order valence-electron chi connectivity index (χ0n) is 7.94. The van der Waals surface area contributed by atoms with Crippen LogP contribution in [0.25, 0.3) is 0 Å². The van der Waals surface area contributed by atoms with Gasteiger partial charge in [-0.1, -0.05) is 0 Å². The fourth-order valence-corrected chi connectivity index (χ4v) is 0.820. The summed E-state index contributed by atoms with van der Waals surface area (Å²) in [6.45, 7) is 0.523. The number of aliphatic carboxylic acids is 1. The van der Waals surface area contributed by atoms with E-state index in [0.29, 0.717) is 6.92 Å². The average molecular weight is 249 g/mol. The van der Waals surface area contributed by atoms with Crippen LogP contribution in [0.5, 0.6) is 0 Å². The molecule has 0 heterocycles. The molecule has 0 aromatic rings. The highest BCUT2D eigenvalue weighted by atomic mass is 19.4. The summed E-state index contributed by atoms with van der Waals surface area (Å²) in [5.41, 5.74) is -2.75. The van der Waals surface area contributed by atoms with E-state index in [1.54, 1.807) is 0 Å². The van der Waals surface area contributed by atoms with E-state index in [-0.39, 0.29) is 0 Å². The molecule has 0 radical (unpaired) electrons. The maximum atomic E-state index is 12.3. The minimum Gasteiger partial charge on any atom is -0.481 e. The van der Waals surface area contributed by atoms with Crippen LogP contribution < -0.4 is 5.32 Å². The van der Waals surface area contributed by atoms with Crippen molar-refractivity contribution in [1.29, 1.82) is 0 Å². The van der Waals surface area contributed by atoms with Crippen LogP contribution >= 0.6 is 0 Å². The van der Waals surface area contributed by atoms with Crippen molar-refractivity contribution in [2.24, 2.45) is 0 Å². The van der Waals surface area contributed by atoms with Crippen LogP contribution in [0.3, 0.4) is 0 Å². The third-order valence-corrected chi connectivity index (χ3v) is 1.66. The minimum absolute atomic E-state index is 0.523. The van der Waals surface area contributed by atoms with Gasteiger partial charge in [0.15, 0.2) is 0 Å². The van der Waals surface area contributed by atoms with Gasteiger partial charge >= 0.3 is 18.1 Å². The molecule has 4 nitrogen and oxygen atoms in total. The predicted octanol–water partition coefficient (Wildman–Crippen LogP) is 1.16. The van der Waals surface area contributed by atoms with Crippen molar-refractivity contribution in [2.75, 3.05) is 0 Å². The van der Waals surface area contributed by atoms with Gasteiger partial charge in [-0.15, -0.1) is 0 Å². The number of rotatable bonds is 4. The Morgan fingerprint density at radius 3 is 2.00 bits per heavy atom. The van der Waals surface area contributed by atoms with E-state index in [2.05, 4.69) is 0 Å². The van der Waals surface area contributed by atoms with Crippen LogP contribution in [0.1, 0.15) is 13.3 Å². The van der Waals surface area contributed by atoms with E-state index in [0.717, 1.165) is 5.32 Å². The lowest BCUT2D eigenvalue weighted by molar-refractivity contribution is -0.178. The number of nitrogens with one attached hydrogen (secondary N) is 1. The molecule has 0 spiro atoms. The highest BCUT2D eigenvalue weighted by Crippen LogP contribution is 2.23. The van der Waals surface area contributed by atoms with E-state index in [9.17, 15) is 31.5 Å². The molecule has 9 heteroatoms. The lowest BCUT2D eigenvalue weighted by Gasteiger charge is -2.28. The normalized spacial score (nSPS) is 15.7. The number of halogens is 5. The number of carbonyl (C=O) groups is 2. The number of carboxylic acid groups (broad SMARTS) is 1.